The van der Waals surface area contributed by atoms with Crippen LogP contribution in [0, 0.1) is 13.8 Å². The molecule has 0 saturated heterocycles. The summed E-state index contributed by atoms with van der Waals surface area (Å²) in [6.45, 7) is 4.15. The summed E-state index contributed by atoms with van der Waals surface area (Å²) in [5.74, 6) is -1.01. The molecule has 2 aromatic rings. The van der Waals surface area contributed by atoms with Crippen LogP contribution < -0.4 is 10.6 Å². The number of urea groups is 1. The van der Waals surface area contributed by atoms with Gasteiger partial charge in [-0.2, -0.15) is 11.3 Å². The molecule has 110 valence electrons. The third-order valence-electron chi connectivity index (χ3n) is 3.13. The molecule has 0 saturated carbocycles. The fourth-order valence-corrected chi connectivity index (χ4v) is 2.71. The normalized spacial score (nSPS) is 10.2. The van der Waals surface area contributed by atoms with Gasteiger partial charge in [-0.1, -0.05) is 6.07 Å². The maximum Gasteiger partial charge on any atom is 0.336 e. The standard InChI is InChI=1S/C15H16N2O3S/c1-9-3-4-12(5-13(9)14(18)19)17-15(20)16-6-11-8-21-7-10(11)2/h3-5,7-8H,6H2,1-2H3,(H,18,19)(H2,16,17,20). The number of carbonyl (C=O) groups excluding carboxylic acids is 1. The molecule has 0 unspecified atom stereocenters. The zero-order valence-electron chi connectivity index (χ0n) is 11.8. The van der Waals surface area contributed by atoms with E-state index in [9.17, 15) is 9.59 Å². The van der Waals surface area contributed by atoms with Gasteiger partial charge in [-0.15, -0.1) is 0 Å². The lowest BCUT2D eigenvalue weighted by Gasteiger charge is -2.09. The highest BCUT2D eigenvalue weighted by molar-refractivity contribution is 7.08. The Labute approximate surface area is 126 Å². The Bertz CT molecular complexity index is 679. The van der Waals surface area contributed by atoms with Crippen LogP contribution in [0.1, 0.15) is 27.0 Å². The summed E-state index contributed by atoms with van der Waals surface area (Å²) < 4.78 is 0. The fraction of sp³-hybridized carbons (Fsp3) is 0.200. The number of benzene rings is 1. The van der Waals surface area contributed by atoms with E-state index in [2.05, 4.69) is 10.6 Å². The van der Waals surface area contributed by atoms with Crippen molar-refractivity contribution in [2.75, 3.05) is 5.32 Å². The molecular weight excluding hydrogens is 288 g/mol. The second kappa shape index (κ2) is 6.41. The van der Waals surface area contributed by atoms with Gasteiger partial charge in [0.25, 0.3) is 0 Å². The van der Waals surface area contributed by atoms with E-state index in [1.807, 2.05) is 17.7 Å². The molecule has 1 aromatic heterocycles. The van der Waals surface area contributed by atoms with Crippen molar-refractivity contribution >= 4 is 29.0 Å². The van der Waals surface area contributed by atoms with Crippen LogP contribution in [0.4, 0.5) is 10.5 Å². The zero-order chi connectivity index (χ0) is 15.4. The molecule has 0 fully saturated rings. The van der Waals surface area contributed by atoms with Crippen molar-refractivity contribution in [1.82, 2.24) is 5.32 Å². The molecule has 0 spiro atoms. The molecule has 0 aliphatic heterocycles. The predicted octanol–water partition coefficient (Wildman–Crippen LogP) is 3.38. The van der Waals surface area contributed by atoms with Crippen molar-refractivity contribution in [2.24, 2.45) is 0 Å². The lowest BCUT2D eigenvalue weighted by Crippen LogP contribution is -2.28. The smallest absolute Gasteiger partial charge is 0.336 e. The first kappa shape index (κ1) is 15.1. The lowest BCUT2D eigenvalue weighted by molar-refractivity contribution is 0.0696. The molecule has 0 aliphatic carbocycles. The van der Waals surface area contributed by atoms with Gasteiger partial charge in [-0.25, -0.2) is 9.59 Å². The van der Waals surface area contributed by atoms with E-state index < -0.39 is 5.97 Å². The molecule has 3 N–H and O–H groups in total. The second-order valence-electron chi connectivity index (χ2n) is 4.72. The second-order valence-corrected chi connectivity index (χ2v) is 5.47. The predicted molar refractivity (Wildman–Crippen MR) is 83.1 cm³/mol. The number of carboxylic acid groups (broad SMARTS) is 1. The van der Waals surface area contributed by atoms with E-state index in [1.54, 1.807) is 30.4 Å². The van der Waals surface area contributed by atoms with Gasteiger partial charge in [-0.3, -0.25) is 0 Å². The Morgan fingerprint density at radius 1 is 1.19 bits per heavy atom. The van der Waals surface area contributed by atoms with Crippen LogP contribution in [-0.4, -0.2) is 17.1 Å². The molecule has 5 nitrogen and oxygen atoms in total. The van der Waals surface area contributed by atoms with Crippen LogP contribution in [-0.2, 0) is 6.54 Å². The minimum Gasteiger partial charge on any atom is -0.478 e. The Kier molecular flexibility index (Phi) is 4.59. The van der Waals surface area contributed by atoms with E-state index in [0.717, 1.165) is 11.1 Å². The molecule has 1 aromatic carbocycles. The van der Waals surface area contributed by atoms with Crippen LogP contribution in [0.2, 0.25) is 0 Å². The van der Waals surface area contributed by atoms with Crippen molar-refractivity contribution in [3.05, 3.63) is 51.2 Å². The summed E-state index contributed by atoms with van der Waals surface area (Å²) in [6.07, 6.45) is 0. The van der Waals surface area contributed by atoms with Gasteiger partial charge >= 0.3 is 12.0 Å². The van der Waals surface area contributed by atoms with Crippen LogP contribution in [0.25, 0.3) is 0 Å². The third-order valence-corrected chi connectivity index (χ3v) is 4.04. The highest BCUT2D eigenvalue weighted by atomic mass is 32.1. The van der Waals surface area contributed by atoms with Gasteiger partial charge in [0.15, 0.2) is 0 Å². The number of aromatic carboxylic acids is 1. The monoisotopic (exact) mass is 304 g/mol. The van der Waals surface area contributed by atoms with Crippen molar-refractivity contribution in [2.45, 2.75) is 20.4 Å². The van der Waals surface area contributed by atoms with Gasteiger partial charge in [0, 0.05) is 12.2 Å². The summed E-state index contributed by atoms with van der Waals surface area (Å²) in [5, 5.41) is 18.5. The van der Waals surface area contributed by atoms with Crippen molar-refractivity contribution in [3.63, 3.8) is 0 Å². The van der Waals surface area contributed by atoms with Crippen LogP contribution in [0.3, 0.4) is 0 Å². The molecule has 2 amide bonds. The Hall–Kier alpha value is -2.34. The van der Waals surface area contributed by atoms with Crippen LogP contribution >= 0.6 is 11.3 Å². The molecule has 6 heteroatoms. The first-order chi connectivity index (χ1) is 9.97. The van der Waals surface area contributed by atoms with E-state index in [1.165, 1.54) is 6.07 Å². The SMILES string of the molecule is Cc1cscc1CNC(=O)Nc1ccc(C)c(C(=O)O)c1. The summed E-state index contributed by atoms with van der Waals surface area (Å²) in [7, 11) is 0. The van der Waals surface area contributed by atoms with E-state index in [4.69, 9.17) is 5.11 Å². The quantitative estimate of drug-likeness (QED) is 0.810. The topological polar surface area (TPSA) is 78.4 Å². The van der Waals surface area contributed by atoms with Crippen molar-refractivity contribution in [1.29, 1.82) is 0 Å². The maximum atomic E-state index is 11.8. The molecule has 0 atom stereocenters. The van der Waals surface area contributed by atoms with E-state index >= 15 is 0 Å². The maximum absolute atomic E-state index is 11.8. The summed E-state index contributed by atoms with van der Waals surface area (Å²) in [5.41, 5.74) is 3.51. The number of anilines is 1. The average molecular weight is 304 g/mol. The molecule has 2 rings (SSSR count). The number of thiophene rings is 1. The molecule has 0 aliphatic rings. The Balaban J connectivity index is 1.98. The lowest BCUT2D eigenvalue weighted by atomic mass is 10.1. The van der Waals surface area contributed by atoms with E-state index in [-0.39, 0.29) is 11.6 Å². The zero-order valence-corrected chi connectivity index (χ0v) is 12.6. The fourth-order valence-electron chi connectivity index (χ4n) is 1.85. The molecule has 0 radical (unpaired) electrons. The Morgan fingerprint density at radius 2 is 1.95 bits per heavy atom. The molecule has 0 bridgehead atoms. The summed E-state index contributed by atoms with van der Waals surface area (Å²) in [6, 6.07) is 4.44. The number of hydrogen-bond acceptors (Lipinski definition) is 3. The van der Waals surface area contributed by atoms with Gasteiger partial charge < -0.3 is 15.7 Å². The number of hydrogen-bond donors (Lipinski definition) is 3. The van der Waals surface area contributed by atoms with Crippen molar-refractivity contribution in [3.8, 4) is 0 Å². The highest BCUT2D eigenvalue weighted by Gasteiger charge is 2.09. The van der Waals surface area contributed by atoms with Crippen molar-refractivity contribution < 1.29 is 14.7 Å². The number of carbonyl (C=O) groups is 2. The third kappa shape index (κ3) is 3.82. The van der Waals surface area contributed by atoms with Gasteiger partial charge in [0.2, 0.25) is 0 Å². The first-order valence-electron chi connectivity index (χ1n) is 6.38. The summed E-state index contributed by atoms with van der Waals surface area (Å²) >= 11 is 1.59. The van der Waals surface area contributed by atoms with Gasteiger partial charge in [0.1, 0.15) is 0 Å². The van der Waals surface area contributed by atoms with Crippen LogP contribution in [0.15, 0.2) is 29.0 Å². The molecule has 21 heavy (non-hydrogen) atoms. The number of carboxylic acids is 1. The average Bonchev–Trinajstić information content (AvgIpc) is 2.84. The number of amides is 2. The van der Waals surface area contributed by atoms with Crippen LogP contribution in [0.5, 0.6) is 0 Å². The number of aryl methyl sites for hydroxylation is 2. The molecular formula is C15H16N2O3S. The minimum atomic E-state index is -1.01. The van der Waals surface area contributed by atoms with E-state index in [0.29, 0.717) is 17.8 Å². The number of nitrogens with one attached hydrogen (secondary N) is 2. The first-order valence-corrected chi connectivity index (χ1v) is 7.32. The largest absolute Gasteiger partial charge is 0.478 e. The Morgan fingerprint density at radius 3 is 2.57 bits per heavy atom. The van der Waals surface area contributed by atoms with Gasteiger partial charge in [0.05, 0.1) is 5.56 Å². The minimum absolute atomic E-state index is 0.182. The highest BCUT2D eigenvalue weighted by Crippen LogP contribution is 2.16. The molecule has 1 heterocycles. The van der Waals surface area contributed by atoms with Gasteiger partial charge in [-0.05, 0) is 53.4 Å². The summed E-state index contributed by atoms with van der Waals surface area (Å²) in [4.78, 5) is 22.9. The number of rotatable bonds is 4.